The highest BCUT2D eigenvalue weighted by molar-refractivity contribution is 5.36. The molecule has 0 atom stereocenters. The van der Waals surface area contributed by atoms with Gasteiger partial charge in [-0.05, 0) is 37.8 Å². The molecule has 0 aromatic carbocycles. The number of carbonyl (C=O) groups excluding carboxylic acids is 1. The van der Waals surface area contributed by atoms with Crippen molar-refractivity contribution in [1.82, 2.24) is 4.98 Å². The summed E-state index contributed by atoms with van der Waals surface area (Å²) in [5, 5.41) is 8.60. The fourth-order valence-corrected chi connectivity index (χ4v) is 1.21. The van der Waals surface area contributed by atoms with Crippen LogP contribution < -0.4 is 5.56 Å². The molecule has 0 amide bonds. The third kappa shape index (κ3) is 7.30. The van der Waals surface area contributed by atoms with Crippen molar-refractivity contribution in [2.24, 2.45) is 0 Å². The highest BCUT2D eigenvalue weighted by Crippen LogP contribution is 2.04. The average Bonchev–Trinajstić information content (AvgIpc) is 2.30. The number of rotatable bonds is 5. The minimum Gasteiger partial charge on any atom is -0.468 e. The molecule has 1 heterocycles. The smallest absolute Gasteiger partial charge is 0.293 e. The third-order valence-electron chi connectivity index (χ3n) is 2.08. The second-order valence-corrected chi connectivity index (χ2v) is 3.38. The molecule has 1 aromatic rings. The first kappa shape index (κ1) is 15.4. The molecule has 1 rings (SSSR count). The summed E-state index contributed by atoms with van der Waals surface area (Å²) >= 11 is 0. The van der Waals surface area contributed by atoms with E-state index < -0.39 is 0 Å². The molecule has 0 fully saturated rings. The summed E-state index contributed by atoms with van der Waals surface area (Å²) in [7, 11) is 0. The van der Waals surface area contributed by atoms with Crippen LogP contribution in [0.5, 0.6) is 0 Å². The van der Waals surface area contributed by atoms with E-state index in [0.29, 0.717) is 13.1 Å². The first-order valence-electron chi connectivity index (χ1n) is 5.50. The van der Waals surface area contributed by atoms with Crippen LogP contribution in [0.25, 0.3) is 0 Å². The lowest BCUT2D eigenvalue weighted by Gasteiger charge is -2.02. The van der Waals surface area contributed by atoms with Gasteiger partial charge in [0.05, 0.1) is 6.61 Å². The van der Waals surface area contributed by atoms with Crippen LogP contribution in [0.1, 0.15) is 24.5 Å². The Morgan fingerprint density at radius 3 is 2.65 bits per heavy atom. The maximum absolute atomic E-state index is 10.8. The molecule has 1 aromatic heterocycles. The van der Waals surface area contributed by atoms with Gasteiger partial charge in [-0.3, -0.25) is 9.59 Å². The number of aromatic amines is 1. The largest absolute Gasteiger partial charge is 0.468 e. The molecule has 0 saturated heterocycles. The van der Waals surface area contributed by atoms with Crippen molar-refractivity contribution in [3.63, 3.8) is 0 Å². The highest BCUT2D eigenvalue weighted by Gasteiger charge is 1.97. The van der Waals surface area contributed by atoms with E-state index >= 15 is 0 Å². The Hall–Kier alpha value is -1.62. The second-order valence-electron chi connectivity index (χ2n) is 3.38. The lowest BCUT2D eigenvalue weighted by molar-refractivity contribution is -0.128. The van der Waals surface area contributed by atoms with Crippen molar-refractivity contribution in [2.45, 2.75) is 26.7 Å². The number of ether oxygens (including phenoxy) is 1. The van der Waals surface area contributed by atoms with Gasteiger partial charge in [0.25, 0.3) is 6.47 Å². The molecule has 5 nitrogen and oxygen atoms in total. The Bertz CT molecular complexity index is 373. The molecule has 0 bridgehead atoms. The summed E-state index contributed by atoms with van der Waals surface area (Å²) in [4.78, 5) is 22.6. The molecule has 0 radical (unpaired) electrons. The van der Waals surface area contributed by atoms with Crippen LogP contribution in [0.2, 0.25) is 0 Å². The molecule has 2 N–H and O–H groups in total. The number of carbonyl (C=O) groups is 1. The summed E-state index contributed by atoms with van der Waals surface area (Å²) in [5.74, 6) is 0. The Morgan fingerprint density at radius 2 is 2.24 bits per heavy atom. The molecule has 5 heteroatoms. The second kappa shape index (κ2) is 9.59. The SMILES string of the molecule is CCOC=O.Cc1cc(=O)[nH]cc1CCCO. The number of aromatic nitrogens is 1. The zero-order chi connectivity index (χ0) is 13.1. The highest BCUT2D eigenvalue weighted by atomic mass is 16.5. The van der Waals surface area contributed by atoms with Crippen molar-refractivity contribution in [2.75, 3.05) is 13.2 Å². The van der Waals surface area contributed by atoms with Gasteiger partial charge in [0, 0.05) is 18.9 Å². The maximum Gasteiger partial charge on any atom is 0.293 e. The predicted octanol–water partition coefficient (Wildman–Crippen LogP) is 0.788. The molecule has 0 saturated carbocycles. The number of nitrogens with one attached hydrogen (secondary N) is 1. The van der Waals surface area contributed by atoms with Crippen LogP contribution in [-0.2, 0) is 16.0 Å². The van der Waals surface area contributed by atoms with Gasteiger partial charge in [0.15, 0.2) is 0 Å². The lowest BCUT2D eigenvalue weighted by Crippen LogP contribution is -2.06. The van der Waals surface area contributed by atoms with Crippen molar-refractivity contribution < 1.29 is 14.6 Å². The monoisotopic (exact) mass is 241 g/mol. The first-order valence-corrected chi connectivity index (χ1v) is 5.50. The first-order chi connectivity index (χ1) is 8.15. The Balaban J connectivity index is 0.000000437. The van der Waals surface area contributed by atoms with Crippen molar-refractivity contribution in [3.8, 4) is 0 Å². The van der Waals surface area contributed by atoms with Gasteiger partial charge < -0.3 is 14.8 Å². The van der Waals surface area contributed by atoms with Gasteiger partial charge in [-0.1, -0.05) is 0 Å². The molecular weight excluding hydrogens is 222 g/mol. The normalized spacial score (nSPS) is 9.12. The lowest BCUT2D eigenvalue weighted by atomic mass is 10.1. The fourth-order valence-electron chi connectivity index (χ4n) is 1.21. The van der Waals surface area contributed by atoms with E-state index in [1.165, 1.54) is 0 Å². The van der Waals surface area contributed by atoms with Crippen molar-refractivity contribution >= 4 is 6.47 Å². The summed E-state index contributed by atoms with van der Waals surface area (Å²) < 4.78 is 4.15. The van der Waals surface area contributed by atoms with Gasteiger partial charge in [0.1, 0.15) is 0 Å². The van der Waals surface area contributed by atoms with E-state index in [0.717, 1.165) is 24.0 Å². The molecule has 0 unspecified atom stereocenters. The zero-order valence-electron chi connectivity index (χ0n) is 10.2. The molecule has 0 aliphatic carbocycles. The van der Waals surface area contributed by atoms with Crippen LogP contribution in [0.15, 0.2) is 17.1 Å². The summed E-state index contributed by atoms with van der Waals surface area (Å²) in [5.41, 5.74) is 2.02. The van der Waals surface area contributed by atoms with Gasteiger partial charge in [-0.2, -0.15) is 0 Å². The van der Waals surface area contributed by atoms with E-state index in [4.69, 9.17) is 5.11 Å². The standard InChI is InChI=1S/C9H13NO2.C3H6O2/c1-7-5-9(12)10-6-8(7)3-2-4-11;1-2-5-3-4/h5-6,11H,2-4H2,1H3,(H,10,12);3H,2H2,1H3. The number of aliphatic hydroxyl groups is 1. The molecule has 96 valence electrons. The number of H-pyrrole nitrogens is 1. The minimum atomic E-state index is -0.0692. The zero-order valence-corrected chi connectivity index (χ0v) is 10.2. The van der Waals surface area contributed by atoms with E-state index in [-0.39, 0.29) is 12.2 Å². The maximum atomic E-state index is 10.8. The topological polar surface area (TPSA) is 79.4 Å². The van der Waals surface area contributed by atoms with Gasteiger partial charge in [-0.25, -0.2) is 0 Å². The molecule has 0 aliphatic rings. The minimum absolute atomic E-state index is 0.0692. The molecule has 0 spiro atoms. The Morgan fingerprint density at radius 1 is 1.53 bits per heavy atom. The van der Waals surface area contributed by atoms with E-state index in [2.05, 4.69) is 9.72 Å². The van der Waals surface area contributed by atoms with Crippen LogP contribution in [0, 0.1) is 6.92 Å². The number of aryl methyl sites for hydroxylation is 2. The predicted molar refractivity (Wildman–Crippen MR) is 64.9 cm³/mol. The summed E-state index contributed by atoms with van der Waals surface area (Å²) in [6, 6.07) is 1.58. The average molecular weight is 241 g/mol. The van der Waals surface area contributed by atoms with Crippen molar-refractivity contribution in [1.29, 1.82) is 0 Å². The van der Waals surface area contributed by atoms with Gasteiger partial charge in [0.2, 0.25) is 5.56 Å². The quantitative estimate of drug-likeness (QED) is 0.747. The van der Waals surface area contributed by atoms with Gasteiger partial charge in [-0.15, -0.1) is 0 Å². The fraction of sp³-hybridized carbons (Fsp3) is 0.500. The van der Waals surface area contributed by atoms with Crippen molar-refractivity contribution in [3.05, 3.63) is 33.7 Å². The Labute approximate surface area is 100 Å². The molecule has 17 heavy (non-hydrogen) atoms. The van der Waals surface area contributed by atoms with Crippen LogP contribution >= 0.6 is 0 Å². The Kier molecular flexibility index (Phi) is 8.68. The number of hydrogen-bond acceptors (Lipinski definition) is 4. The summed E-state index contributed by atoms with van der Waals surface area (Å²) in [6.45, 7) is 4.76. The van der Waals surface area contributed by atoms with E-state index in [9.17, 15) is 9.59 Å². The molecule has 0 aliphatic heterocycles. The van der Waals surface area contributed by atoms with E-state index in [1.54, 1.807) is 19.2 Å². The van der Waals surface area contributed by atoms with Crippen LogP contribution in [0.4, 0.5) is 0 Å². The van der Waals surface area contributed by atoms with Crippen LogP contribution in [-0.4, -0.2) is 29.8 Å². The molecular formula is C12H19NO4. The summed E-state index contributed by atoms with van der Waals surface area (Å²) in [6.07, 6.45) is 3.28. The van der Waals surface area contributed by atoms with Gasteiger partial charge >= 0.3 is 0 Å². The third-order valence-corrected chi connectivity index (χ3v) is 2.08. The van der Waals surface area contributed by atoms with Crippen LogP contribution in [0.3, 0.4) is 0 Å². The van der Waals surface area contributed by atoms with E-state index in [1.807, 2.05) is 6.92 Å². The number of hydrogen-bond donors (Lipinski definition) is 2. The number of pyridine rings is 1. The number of aliphatic hydroxyl groups excluding tert-OH is 1.